The fraction of sp³-hybridized carbons (Fsp3) is 0.393. The van der Waals surface area contributed by atoms with Crippen molar-refractivity contribution in [1.29, 1.82) is 0 Å². The molecule has 2 aromatic rings. The Balaban J connectivity index is 1.88. The van der Waals surface area contributed by atoms with Gasteiger partial charge < -0.3 is 14.2 Å². The Hall–Kier alpha value is -3.81. The first-order valence-electron chi connectivity index (χ1n) is 12.1. The summed E-state index contributed by atoms with van der Waals surface area (Å²) < 4.78 is 16.1. The van der Waals surface area contributed by atoms with Crippen molar-refractivity contribution in [3.63, 3.8) is 0 Å². The van der Waals surface area contributed by atoms with Crippen LogP contribution in [0, 0.1) is 11.8 Å². The monoisotopic (exact) mass is 490 g/mol. The summed E-state index contributed by atoms with van der Waals surface area (Å²) in [6.07, 6.45) is 1.97. The summed E-state index contributed by atoms with van der Waals surface area (Å²) in [6.45, 7) is 5.51. The van der Waals surface area contributed by atoms with Gasteiger partial charge in [-0.15, -0.1) is 0 Å². The number of carbonyl (C=O) groups is 3. The molecule has 4 rings (SSSR count). The van der Waals surface area contributed by atoms with Crippen LogP contribution >= 0.6 is 0 Å². The van der Waals surface area contributed by atoms with Crippen LogP contribution in [0.4, 0.5) is 0 Å². The van der Waals surface area contributed by atoms with Crippen molar-refractivity contribution in [2.75, 3.05) is 20.3 Å². The van der Waals surface area contributed by atoms with Crippen LogP contribution in [-0.4, -0.2) is 48.7 Å². The number of Topliss-reactive ketones (excluding diaryl/α,β-unsaturated/α-hetero) is 1. The van der Waals surface area contributed by atoms with Gasteiger partial charge in [-0.25, -0.2) is 4.79 Å². The number of allylic oxidation sites excluding steroid dienone is 1. The number of ketones is 1. The number of aliphatic imine (C=N–C) groups is 1. The lowest BCUT2D eigenvalue weighted by Crippen LogP contribution is -2.49. The molecular weight excluding hydrogens is 460 g/mol. The zero-order chi connectivity index (χ0) is 25.8. The lowest BCUT2D eigenvalue weighted by molar-refractivity contribution is -0.153. The third-order valence-corrected chi connectivity index (χ3v) is 6.71. The van der Waals surface area contributed by atoms with E-state index >= 15 is 0 Å². The number of rotatable bonds is 7. The first kappa shape index (κ1) is 25.3. The molecule has 1 aliphatic carbocycles. The molecule has 36 heavy (non-hydrogen) atoms. The predicted octanol–water partition coefficient (Wildman–Crippen LogP) is 4.02. The molecule has 1 saturated carbocycles. The smallest absolute Gasteiger partial charge is 0.336 e. The molecule has 1 unspecified atom stereocenters. The molecule has 8 heteroatoms. The average molecular weight is 491 g/mol. The molecule has 4 atom stereocenters. The van der Waals surface area contributed by atoms with Gasteiger partial charge in [0.2, 0.25) is 0 Å². The standard InChI is InChI=1S/C28H30N2O6/c1-5-35-27(32)22-16(3)30-21-15-19(17-10-9-11-18(14-17)34-4)23(28(33)36-6-2)26(31)25(21)24(22)20-12-7-8-13-29-20/h7-14,19,23-25H,5-6,15H2,1-4H3/t19-,23-,24+,25?/m0/s1. The molecule has 2 heterocycles. The van der Waals surface area contributed by atoms with E-state index in [0.717, 1.165) is 5.56 Å². The summed E-state index contributed by atoms with van der Waals surface area (Å²) in [5, 5.41) is 0. The average Bonchev–Trinajstić information content (AvgIpc) is 2.88. The van der Waals surface area contributed by atoms with E-state index in [9.17, 15) is 14.4 Å². The third-order valence-electron chi connectivity index (χ3n) is 6.71. The minimum atomic E-state index is -1.06. The van der Waals surface area contributed by atoms with Gasteiger partial charge in [0.25, 0.3) is 0 Å². The van der Waals surface area contributed by atoms with Gasteiger partial charge in [0.1, 0.15) is 11.7 Å². The molecule has 0 amide bonds. The molecule has 8 nitrogen and oxygen atoms in total. The summed E-state index contributed by atoms with van der Waals surface area (Å²) in [5.74, 6) is -3.93. The largest absolute Gasteiger partial charge is 0.497 e. The van der Waals surface area contributed by atoms with Crippen LogP contribution in [0.3, 0.4) is 0 Å². The summed E-state index contributed by atoms with van der Waals surface area (Å²) in [7, 11) is 1.57. The van der Waals surface area contributed by atoms with Crippen molar-refractivity contribution in [2.24, 2.45) is 16.8 Å². The molecular formula is C28H30N2O6. The summed E-state index contributed by atoms with van der Waals surface area (Å²) in [6, 6.07) is 12.7. The Morgan fingerprint density at radius 1 is 1.03 bits per heavy atom. The van der Waals surface area contributed by atoms with E-state index in [1.165, 1.54) is 0 Å². The van der Waals surface area contributed by atoms with E-state index in [1.54, 1.807) is 52.3 Å². The minimum Gasteiger partial charge on any atom is -0.497 e. The zero-order valence-electron chi connectivity index (χ0n) is 20.9. The van der Waals surface area contributed by atoms with Crippen LogP contribution in [0.25, 0.3) is 0 Å². The SMILES string of the molecule is CCOC(=O)C1=C(C)N=C2C[C@@H](c3cccc(OC)c3)[C@H](C(=O)OCC)C(=O)C2[C@@H]1c1ccccn1. The van der Waals surface area contributed by atoms with Crippen LogP contribution in [0.2, 0.25) is 0 Å². The Morgan fingerprint density at radius 2 is 1.81 bits per heavy atom. The Bertz CT molecular complexity index is 1220. The fourth-order valence-corrected chi connectivity index (χ4v) is 5.22. The molecule has 1 aromatic heterocycles. The zero-order valence-corrected chi connectivity index (χ0v) is 20.9. The van der Waals surface area contributed by atoms with Crippen molar-refractivity contribution in [3.8, 4) is 5.75 Å². The molecule has 1 fully saturated rings. The second-order valence-electron chi connectivity index (χ2n) is 8.75. The molecule has 0 spiro atoms. The maximum atomic E-state index is 14.2. The maximum Gasteiger partial charge on any atom is 0.336 e. The van der Waals surface area contributed by atoms with E-state index in [-0.39, 0.29) is 19.0 Å². The first-order valence-corrected chi connectivity index (χ1v) is 12.1. The van der Waals surface area contributed by atoms with Crippen molar-refractivity contribution < 1.29 is 28.6 Å². The van der Waals surface area contributed by atoms with Gasteiger partial charge in [-0.3, -0.25) is 19.6 Å². The van der Waals surface area contributed by atoms with Crippen molar-refractivity contribution in [1.82, 2.24) is 4.98 Å². The number of hydrogen-bond acceptors (Lipinski definition) is 8. The number of methoxy groups -OCH3 is 1. The molecule has 0 N–H and O–H groups in total. The highest BCUT2D eigenvalue weighted by molar-refractivity contribution is 6.17. The molecule has 2 aliphatic rings. The van der Waals surface area contributed by atoms with E-state index in [4.69, 9.17) is 19.2 Å². The van der Waals surface area contributed by atoms with Gasteiger partial charge in [0, 0.05) is 29.2 Å². The molecule has 1 aromatic carbocycles. The minimum absolute atomic E-state index is 0.149. The van der Waals surface area contributed by atoms with E-state index in [0.29, 0.717) is 34.8 Å². The lowest BCUT2D eigenvalue weighted by Gasteiger charge is -2.40. The van der Waals surface area contributed by atoms with Crippen LogP contribution in [0.1, 0.15) is 50.3 Å². The number of aromatic nitrogens is 1. The van der Waals surface area contributed by atoms with Gasteiger partial charge in [-0.05, 0) is 57.0 Å². The summed E-state index contributed by atoms with van der Waals surface area (Å²) in [5.41, 5.74) is 2.74. The number of esters is 2. The highest BCUT2D eigenvalue weighted by atomic mass is 16.5. The van der Waals surface area contributed by atoms with Crippen molar-refractivity contribution >= 4 is 23.4 Å². The molecule has 0 bridgehead atoms. The Morgan fingerprint density at radius 3 is 2.47 bits per heavy atom. The number of nitrogens with zero attached hydrogens (tertiary/aromatic N) is 2. The highest BCUT2D eigenvalue weighted by Crippen LogP contribution is 2.48. The van der Waals surface area contributed by atoms with Crippen LogP contribution in [0.15, 0.2) is 64.9 Å². The first-order chi connectivity index (χ1) is 17.4. The topological polar surface area (TPSA) is 104 Å². The molecule has 1 aliphatic heterocycles. The van der Waals surface area contributed by atoms with Crippen LogP contribution < -0.4 is 4.74 Å². The summed E-state index contributed by atoms with van der Waals surface area (Å²) in [4.78, 5) is 49.7. The van der Waals surface area contributed by atoms with Crippen LogP contribution in [0.5, 0.6) is 5.75 Å². The number of ether oxygens (including phenoxy) is 3. The van der Waals surface area contributed by atoms with Gasteiger partial charge in [0.15, 0.2) is 5.78 Å². The molecule has 0 radical (unpaired) electrons. The number of hydrogen-bond donors (Lipinski definition) is 0. The van der Waals surface area contributed by atoms with Crippen molar-refractivity contribution in [3.05, 3.63) is 71.2 Å². The van der Waals surface area contributed by atoms with Gasteiger partial charge in [-0.2, -0.15) is 0 Å². The summed E-state index contributed by atoms with van der Waals surface area (Å²) >= 11 is 0. The number of carbonyl (C=O) groups excluding carboxylic acids is 3. The number of benzene rings is 1. The lowest BCUT2D eigenvalue weighted by atomic mass is 9.62. The van der Waals surface area contributed by atoms with E-state index in [2.05, 4.69) is 4.98 Å². The number of fused-ring (bicyclic) bond motifs is 1. The Labute approximate surface area is 210 Å². The second kappa shape index (κ2) is 10.8. The van der Waals surface area contributed by atoms with Gasteiger partial charge in [-0.1, -0.05) is 18.2 Å². The third kappa shape index (κ3) is 4.67. The highest BCUT2D eigenvalue weighted by Gasteiger charge is 2.53. The van der Waals surface area contributed by atoms with Gasteiger partial charge >= 0.3 is 11.9 Å². The van der Waals surface area contributed by atoms with Gasteiger partial charge in [0.05, 0.1) is 37.7 Å². The Kier molecular flexibility index (Phi) is 7.62. The van der Waals surface area contributed by atoms with Crippen LogP contribution in [-0.2, 0) is 23.9 Å². The molecule has 188 valence electrons. The maximum absolute atomic E-state index is 14.2. The molecule has 0 saturated heterocycles. The predicted molar refractivity (Wildman–Crippen MR) is 133 cm³/mol. The van der Waals surface area contributed by atoms with E-state index < -0.39 is 35.6 Å². The fourth-order valence-electron chi connectivity index (χ4n) is 5.22. The van der Waals surface area contributed by atoms with Crippen molar-refractivity contribution in [2.45, 2.75) is 39.0 Å². The normalized spacial score (nSPS) is 23.4. The number of pyridine rings is 1. The quantitative estimate of drug-likeness (QED) is 0.426. The second-order valence-corrected chi connectivity index (χ2v) is 8.75. The van der Waals surface area contributed by atoms with E-state index in [1.807, 2.05) is 24.3 Å².